The molecule has 7 nitrogen and oxygen atoms in total. The minimum Gasteiger partial charge on any atom is -0.357 e. The molecule has 0 bridgehead atoms. The first-order valence-electron chi connectivity index (χ1n) is 9.34. The number of rotatable bonds is 7. The molecule has 2 N–H and O–H groups in total. The lowest BCUT2D eigenvalue weighted by Crippen LogP contribution is -2.38. The fraction of sp³-hybridized carbons (Fsp3) is 0.400. The van der Waals surface area contributed by atoms with E-state index < -0.39 is 0 Å². The van der Waals surface area contributed by atoms with Crippen molar-refractivity contribution in [3.63, 3.8) is 0 Å². The van der Waals surface area contributed by atoms with E-state index in [0.29, 0.717) is 25.4 Å². The van der Waals surface area contributed by atoms with Crippen LogP contribution in [0.25, 0.3) is 10.9 Å². The Balaban J connectivity index is 1.62. The third-order valence-corrected chi connectivity index (χ3v) is 4.12. The summed E-state index contributed by atoms with van der Waals surface area (Å²) >= 11 is 0. The minimum absolute atomic E-state index is 0.268. The molecule has 27 heavy (non-hydrogen) atoms. The van der Waals surface area contributed by atoms with Gasteiger partial charge in [-0.3, -0.25) is 4.98 Å². The normalized spacial score (nSPS) is 11.9. The van der Waals surface area contributed by atoms with Crippen molar-refractivity contribution in [1.29, 1.82) is 0 Å². The van der Waals surface area contributed by atoms with Crippen molar-refractivity contribution in [3.05, 3.63) is 53.8 Å². The van der Waals surface area contributed by atoms with Gasteiger partial charge in [0.15, 0.2) is 11.8 Å². The summed E-state index contributed by atoms with van der Waals surface area (Å²) in [5.41, 5.74) is 2.14. The monoisotopic (exact) mass is 366 g/mol. The van der Waals surface area contributed by atoms with Gasteiger partial charge in [0.2, 0.25) is 5.89 Å². The fourth-order valence-corrected chi connectivity index (χ4v) is 2.69. The van der Waals surface area contributed by atoms with E-state index in [4.69, 9.17) is 9.52 Å². The number of hydrogen-bond acceptors (Lipinski definition) is 5. The van der Waals surface area contributed by atoms with Crippen molar-refractivity contribution in [2.45, 2.75) is 39.7 Å². The number of para-hydroxylation sites is 1. The van der Waals surface area contributed by atoms with Gasteiger partial charge in [0.25, 0.3) is 0 Å². The second-order valence-electron chi connectivity index (χ2n) is 6.56. The number of nitrogens with one attached hydrogen (secondary N) is 2. The van der Waals surface area contributed by atoms with Gasteiger partial charge in [-0.05, 0) is 24.6 Å². The zero-order valence-electron chi connectivity index (χ0n) is 16.1. The average Bonchev–Trinajstić information content (AvgIpc) is 3.15. The lowest BCUT2D eigenvalue weighted by Gasteiger charge is -2.11. The largest absolute Gasteiger partial charge is 0.357 e. The van der Waals surface area contributed by atoms with Gasteiger partial charge < -0.3 is 15.2 Å². The number of pyridine rings is 1. The lowest BCUT2D eigenvalue weighted by atomic mass is 10.1. The molecule has 0 aliphatic heterocycles. The summed E-state index contributed by atoms with van der Waals surface area (Å²) in [5, 5.41) is 11.7. The molecule has 0 saturated carbocycles. The molecule has 142 valence electrons. The molecule has 0 spiro atoms. The molecular weight excluding hydrogens is 340 g/mol. The van der Waals surface area contributed by atoms with E-state index in [-0.39, 0.29) is 5.92 Å². The summed E-state index contributed by atoms with van der Waals surface area (Å²) in [7, 11) is 0. The van der Waals surface area contributed by atoms with Crippen LogP contribution in [0.5, 0.6) is 0 Å². The number of nitrogens with zero attached hydrogens (tertiary/aromatic N) is 4. The molecule has 0 fully saturated rings. The number of aliphatic imine (C=N–C) groups is 1. The first-order chi connectivity index (χ1) is 13.2. The van der Waals surface area contributed by atoms with Crippen LogP contribution in [0.2, 0.25) is 0 Å². The molecule has 0 aliphatic rings. The van der Waals surface area contributed by atoms with E-state index >= 15 is 0 Å². The molecular formula is C20H26N6O. The molecule has 0 radical (unpaired) electrons. The molecule has 0 saturated heterocycles. The van der Waals surface area contributed by atoms with Crippen LogP contribution in [0.3, 0.4) is 0 Å². The van der Waals surface area contributed by atoms with E-state index in [1.807, 2.05) is 51.2 Å². The maximum absolute atomic E-state index is 5.28. The Hall–Kier alpha value is -2.96. The Morgan fingerprint density at radius 1 is 1.19 bits per heavy atom. The van der Waals surface area contributed by atoms with E-state index in [0.717, 1.165) is 34.8 Å². The highest BCUT2D eigenvalue weighted by atomic mass is 16.5. The van der Waals surface area contributed by atoms with Gasteiger partial charge in [0.1, 0.15) is 0 Å². The third kappa shape index (κ3) is 5.03. The topological polar surface area (TPSA) is 88.2 Å². The summed E-state index contributed by atoms with van der Waals surface area (Å²) in [6, 6.07) is 10.1. The molecule has 2 aromatic heterocycles. The van der Waals surface area contributed by atoms with Gasteiger partial charge in [-0.1, -0.05) is 37.2 Å². The van der Waals surface area contributed by atoms with Gasteiger partial charge >= 0.3 is 0 Å². The SMILES string of the molecule is CCNC(=NCc1ccnc2ccccc12)NCCc1nc(C(C)C)no1. The average molecular weight is 366 g/mol. The first kappa shape index (κ1) is 18.8. The van der Waals surface area contributed by atoms with Crippen LogP contribution in [-0.4, -0.2) is 34.2 Å². The van der Waals surface area contributed by atoms with Crippen LogP contribution in [-0.2, 0) is 13.0 Å². The van der Waals surface area contributed by atoms with Gasteiger partial charge in [-0.25, -0.2) is 4.99 Å². The van der Waals surface area contributed by atoms with Crippen LogP contribution in [0, 0.1) is 0 Å². The number of benzene rings is 1. The highest BCUT2D eigenvalue weighted by Gasteiger charge is 2.09. The Labute approximate surface area is 159 Å². The summed E-state index contributed by atoms with van der Waals surface area (Å²) in [6.07, 6.45) is 2.48. The van der Waals surface area contributed by atoms with Crippen molar-refractivity contribution >= 4 is 16.9 Å². The summed E-state index contributed by atoms with van der Waals surface area (Å²) in [6.45, 7) is 8.18. The van der Waals surface area contributed by atoms with Crippen molar-refractivity contribution in [1.82, 2.24) is 25.8 Å². The van der Waals surface area contributed by atoms with E-state index in [9.17, 15) is 0 Å². The Morgan fingerprint density at radius 2 is 2.04 bits per heavy atom. The maximum atomic E-state index is 5.28. The zero-order chi connectivity index (χ0) is 19.1. The van der Waals surface area contributed by atoms with Crippen LogP contribution in [0.1, 0.15) is 44.0 Å². The van der Waals surface area contributed by atoms with Crippen LogP contribution >= 0.6 is 0 Å². The van der Waals surface area contributed by atoms with Crippen LogP contribution in [0.15, 0.2) is 46.0 Å². The molecule has 0 amide bonds. The smallest absolute Gasteiger partial charge is 0.228 e. The Morgan fingerprint density at radius 3 is 2.81 bits per heavy atom. The van der Waals surface area contributed by atoms with E-state index in [1.54, 1.807) is 0 Å². The zero-order valence-corrected chi connectivity index (χ0v) is 16.1. The van der Waals surface area contributed by atoms with Gasteiger partial charge in [0.05, 0.1) is 12.1 Å². The lowest BCUT2D eigenvalue weighted by molar-refractivity contribution is 0.371. The molecule has 1 aromatic carbocycles. The second-order valence-corrected chi connectivity index (χ2v) is 6.56. The highest BCUT2D eigenvalue weighted by molar-refractivity contribution is 5.83. The van der Waals surface area contributed by atoms with Gasteiger partial charge in [0, 0.05) is 37.0 Å². The summed E-state index contributed by atoms with van der Waals surface area (Å²) in [4.78, 5) is 13.5. The standard InChI is InChI=1S/C20H26N6O/c1-4-21-20(23-12-10-18-25-19(14(2)3)26-27-18)24-13-15-9-11-22-17-8-6-5-7-16(15)17/h5-9,11,14H,4,10,12-13H2,1-3H3,(H2,21,23,24). The molecule has 3 aromatic rings. The number of guanidine groups is 1. The third-order valence-electron chi connectivity index (χ3n) is 4.12. The Kier molecular flexibility index (Phi) is 6.35. The molecule has 3 rings (SSSR count). The van der Waals surface area contributed by atoms with E-state index in [2.05, 4.69) is 31.8 Å². The van der Waals surface area contributed by atoms with Crippen molar-refractivity contribution < 1.29 is 4.52 Å². The molecule has 0 atom stereocenters. The summed E-state index contributed by atoms with van der Waals surface area (Å²) < 4.78 is 5.28. The van der Waals surface area contributed by atoms with Crippen molar-refractivity contribution in [3.8, 4) is 0 Å². The van der Waals surface area contributed by atoms with Gasteiger partial charge in [-0.15, -0.1) is 0 Å². The fourth-order valence-electron chi connectivity index (χ4n) is 2.69. The molecule has 0 aliphatic carbocycles. The second kappa shape index (κ2) is 9.12. The number of fused-ring (bicyclic) bond motifs is 1. The first-order valence-corrected chi connectivity index (χ1v) is 9.34. The van der Waals surface area contributed by atoms with Crippen molar-refractivity contribution in [2.24, 2.45) is 4.99 Å². The maximum Gasteiger partial charge on any atom is 0.228 e. The predicted octanol–water partition coefficient (Wildman–Crippen LogP) is 3.04. The molecule has 7 heteroatoms. The van der Waals surface area contributed by atoms with Crippen LogP contribution < -0.4 is 10.6 Å². The summed E-state index contributed by atoms with van der Waals surface area (Å²) in [5.74, 6) is 2.42. The van der Waals surface area contributed by atoms with Crippen LogP contribution in [0.4, 0.5) is 0 Å². The van der Waals surface area contributed by atoms with Gasteiger partial charge in [-0.2, -0.15) is 4.98 Å². The minimum atomic E-state index is 0.268. The number of aromatic nitrogens is 3. The molecule has 0 unspecified atom stereocenters. The number of hydrogen-bond donors (Lipinski definition) is 2. The Bertz CT molecular complexity index is 897. The van der Waals surface area contributed by atoms with Crippen molar-refractivity contribution in [2.75, 3.05) is 13.1 Å². The van der Waals surface area contributed by atoms with E-state index in [1.165, 1.54) is 0 Å². The predicted molar refractivity (Wildman–Crippen MR) is 107 cm³/mol. The quantitative estimate of drug-likeness (QED) is 0.494. The highest BCUT2D eigenvalue weighted by Crippen LogP contribution is 2.16. The molecule has 2 heterocycles.